The van der Waals surface area contributed by atoms with Gasteiger partial charge in [-0.05, 0) is 24.1 Å². The van der Waals surface area contributed by atoms with E-state index in [0.29, 0.717) is 36.3 Å². The van der Waals surface area contributed by atoms with Gasteiger partial charge in [0.15, 0.2) is 17.5 Å². The maximum atomic E-state index is 5.94. The van der Waals surface area contributed by atoms with E-state index in [4.69, 9.17) is 18.9 Å². The molecule has 1 N–H and O–H groups in total. The van der Waals surface area contributed by atoms with Gasteiger partial charge in [-0.3, -0.25) is 4.99 Å². The van der Waals surface area contributed by atoms with Crippen molar-refractivity contribution in [2.75, 3.05) is 48.1 Å². The first kappa shape index (κ1) is 26.1. The van der Waals surface area contributed by atoms with Crippen molar-refractivity contribution in [3.05, 3.63) is 53.6 Å². The summed E-state index contributed by atoms with van der Waals surface area (Å²) in [5, 5.41) is 3.45. The molecular weight excluding hydrogens is 521 g/mol. The van der Waals surface area contributed by atoms with Crippen LogP contribution in [0.5, 0.6) is 17.2 Å². The smallest absolute Gasteiger partial charge is 0.203 e. The molecule has 0 radical (unpaired) electrons. The number of likely N-dealkylation sites (tertiary alicyclic amines) is 1. The molecule has 1 unspecified atom stereocenters. The second kappa shape index (κ2) is 13.4. The molecular formula is C24H34IN3O4. The Bertz CT molecular complexity index is 864. The van der Waals surface area contributed by atoms with E-state index in [-0.39, 0.29) is 24.0 Å². The highest BCUT2D eigenvalue weighted by Gasteiger charge is 2.25. The van der Waals surface area contributed by atoms with Crippen molar-refractivity contribution >= 4 is 29.9 Å². The monoisotopic (exact) mass is 555 g/mol. The van der Waals surface area contributed by atoms with Crippen LogP contribution in [0.25, 0.3) is 0 Å². The van der Waals surface area contributed by atoms with E-state index in [0.717, 1.165) is 37.6 Å². The maximum Gasteiger partial charge on any atom is 0.203 e. The molecule has 0 aromatic heterocycles. The largest absolute Gasteiger partial charge is 0.493 e. The van der Waals surface area contributed by atoms with Gasteiger partial charge < -0.3 is 29.2 Å². The zero-order valence-corrected chi connectivity index (χ0v) is 21.6. The lowest BCUT2D eigenvalue weighted by atomic mass is 10.1. The highest BCUT2D eigenvalue weighted by atomic mass is 127. The van der Waals surface area contributed by atoms with E-state index >= 15 is 0 Å². The Hall–Kier alpha value is -2.20. The standard InChI is InChI=1S/C24H33N3O4.HI/c1-25-24(26-14-20-10-11-21(28-2)23(30-4)22(20)29-3)27-13-12-19(15-27)17-31-16-18-8-6-5-7-9-18;/h5-11,19H,12-17H2,1-4H3,(H,25,26);1H. The fourth-order valence-electron chi connectivity index (χ4n) is 3.89. The van der Waals surface area contributed by atoms with Crippen LogP contribution in [0.15, 0.2) is 47.5 Å². The first-order chi connectivity index (χ1) is 15.2. The first-order valence-corrected chi connectivity index (χ1v) is 10.5. The molecule has 8 heteroatoms. The van der Waals surface area contributed by atoms with Gasteiger partial charge in [0.2, 0.25) is 5.75 Å². The van der Waals surface area contributed by atoms with Gasteiger partial charge in [0.05, 0.1) is 34.5 Å². The second-order valence-electron chi connectivity index (χ2n) is 7.50. The molecule has 32 heavy (non-hydrogen) atoms. The third kappa shape index (κ3) is 6.65. The first-order valence-electron chi connectivity index (χ1n) is 10.5. The zero-order chi connectivity index (χ0) is 22.1. The number of halogens is 1. The highest BCUT2D eigenvalue weighted by Crippen LogP contribution is 2.39. The van der Waals surface area contributed by atoms with E-state index in [1.54, 1.807) is 21.3 Å². The van der Waals surface area contributed by atoms with Crippen molar-refractivity contribution in [1.82, 2.24) is 10.2 Å². The lowest BCUT2D eigenvalue weighted by Gasteiger charge is -2.23. The number of benzene rings is 2. The Kier molecular flexibility index (Phi) is 10.9. The summed E-state index contributed by atoms with van der Waals surface area (Å²) < 4.78 is 22.4. The highest BCUT2D eigenvalue weighted by molar-refractivity contribution is 14.0. The van der Waals surface area contributed by atoms with Gasteiger partial charge in [-0.2, -0.15) is 0 Å². The minimum Gasteiger partial charge on any atom is -0.493 e. The molecule has 176 valence electrons. The number of methoxy groups -OCH3 is 3. The number of nitrogens with one attached hydrogen (secondary N) is 1. The van der Waals surface area contributed by atoms with Crippen LogP contribution in [-0.4, -0.2) is 58.9 Å². The van der Waals surface area contributed by atoms with E-state index in [2.05, 4.69) is 27.3 Å². The molecule has 1 aliphatic rings. The average molecular weight is 555 g/mol. The zero-order valence-electron chi connectivity index (χ0n) is 19.3. The van der Waals surface area contributed by atoms with E-state index in [9.17, 15) is 0 Å². The molecule has 1 fully saturated rings. The van der Waals surface area contributed by atoms with Crippen LogP contribution in [0, 0.1) is 5.92 Å². The maximum absolute atomic E-state index is 5.94. The SMILES string of the molecule is CN=C(NCc1ccc(OC)c(OC)c1OC)N1CCC(COCc2ccccc2)C1.I. The normalized spacial score (nSPS) is 15.8. The van der Waals surface area contributed by atoms with Gasteiger partial charge in [-0.25, -0.2) is 0 Å². The number of hydrogen-bond acceptors (Lipinski definition) is 5. The number of guanidine groups is 1. The molecule has 0 bridgehead atoms. The fourth-order valence-corrected chi connectivity index (χ4v) is 3.89. The number of aliphatic imine (C=N–C) groups is 1. The molecule has 0 aliphatic carbocycles. The van der Waals surface area contributed by atoms with E-state index < -0.39 is 0 Å². The Labute approximate surface area is 208 Å². The Morgan fingerprint density at radius 1 is 1.03 bits per heavy atom. The van der Waals surface area contributed by atoms with Gasteiger partial charge in [-0.1, -0.05) is 30.3 Å². The molecule has 0 amide bonds. The predicted octanol–water partition coefficient (Wildman–Crippen LogP) is 3.94. The third-order valence-electron chi connectivity index (χ3n) is 5.48. The van der Waals surface area contributed by atoms with Crippen molar-refractivity contribution < 1.29 is 18.9 Å². The minimum atomic E-state index is 0. The molecule has 2 aromatic rings. The van der Waals surface area contributed by atoms with Crippen molar-refractivity contribution in [1.29, 1.82) is 0 Å². The Balaban J connectivity index is 0.00000363. The van der Waals surface area contributed by atoms with Crippen LogP contribution >= 0.6 is 24.0 Å². The van der Waals surface area contributed by atoms with Crippen LogP contribution < -0.4 is 19.5 Å². The van der Waals surface area contributed by atoms with Crippen LogP contribution in [-0.2, 0) is 17.9 Å². The van der Waals surface area contributed by atoms with Crippen molar-refractivity contribution in [3.63, 3.8) is 0 Å². The lowest BCUT2D eigenvalue weighted by Crippen LogP contribution is -2.39. The molecule has 7 nitrogen and oxygen atoms in total. The van der Waals surface area contributed by atoms with Crippen LogP contribution in [0.3, 0.4) is 0 Å². The Morgan fingerprint density at radius 3 is 2.44 bits per heavy atom. The number of rotatable bonds is 9. The summed E-state index contributed by atoms with van der Waals surface area (Å²) >= 11 is 0. The molecule has 1 saturated heterocycles. The summed E-state index contributed by atoms with van der Waals surface area (Å²) in [6, 6.07) is 14.2. The third-order valence-corrected chi connectivity index (χ3v) is 5.48. The minimum absolute atomic E-state index is 0. The summed E-state index contributed by atoms with van der Waals surface area (Å²) in [6.07, 6.45) is 1.09. The van der Waals surface area contributed by atoms with Crippen molar-refractivity contribution in [2.45, 2.75) is 19.6 Å². The van der Waals surface area contributed by atoms with Gasteiger partial charge in [0, 0.05) is 38.2 Å². The molecule has 1 heterocycles. The Morgan fingerprint density at radius 2 is 1.78 bits per heavy atom. The average Bonchev–Trinajstić information content (AvgIpc) is 3.28. The van der Waals surface area contributed by atoms with E-state index in [1.807, 2.05) is 37.4 Å². The van der Waals surface area contributed by atoms with Crippen molar-refractivity contribution in [2.24, 2.45) is 10.9 Å². The summed E-state index contributed by atoms with van der Waals surface area (Å²) in [7, 11) is 6.68. The molecule has 2 aromatic carbocycles. The fraction of sp³-hybridized carbons (Fsp3) is 0.458. The molecule has 1 atom stereocenters. The molecule has 3 rings (SSSR count). The molecule has 0 spiro atoms. The number of nitrogens with zero attached hydrogens (tertiary/aromatic N) is 2. The summed E-state index contributed by atoms with van der Waals surface area (Å²) in [5.74, 6) is 3.28. The van der Waals surface area contributed by atoms with E-state index in [1.165, 1.54) is 5.56 Å². The van der Waals surface area contributed by atoms with Gasteiger partial charge in [-0.15, -0.1) is 24.0 Å². The summed E-state index contributed by atoms with van der Waals surface area (Å²) in [5.41, 5.74) is 2.18. The lowest BCUT2D eigenvalue weighted by molar-refractivity contribution is 0.0906. The predicted molar refractivity (Wildman–Crippen MR) is 137 cm³/mol. The van der Waals surface area contributed by atoms with Crippen LogP contribution in [0.2, 0.25) is 0 Å². The van der Waals surface area contributed by atoms with Gasteiger partial charge >= 0.3 is 0 Å². The molecule has 1 aliphatic heterocycles. The van der Waals surface area contributed by atoms with Crippen molar-refractivity contribution in [3.8, 4) is 17.2 Å². The summed E-state index contributed by atoms with van der Waals surface area (Å²) in [6.45, 7) is 3.87. The topological polar surface area (TPSA) is 64.6 Å². The number of ether oxygens (including phenoxy) is 4. The number of hydrogen-bond donors (Lipinski definition) is 1. The van der Waals surface area contributed by atoms with Crippen LogP contribution in [0.1, 0.15) is 17.5 Å². The molecule has 0 saturated carbocycles. The van der Waals surface area contributed by atoms with Gasteiger partial charge in [0.1, 0.15) is 0 Å². The second-order valence-corrected chi connectivity index (χ2v) is 7.50. The summed E-state index contributed by atoms with van der Waals surface area (Å²) in [4.78, 5) is 6.75. The quantitative estimate of drug-likeness (QED) is 0.288. The van der Waals surface area contributed by atoms with Gasteiger partial charge in [0.25, 0.3) is 0 Å². The van der Waals surface area contributed by atoms with Crippen LogP contribution in [0.4, 0.5) is 0 Å².